The van der Waals surface area contributed by atoms with Gasteiger partial charge in [-0.1, -0.05) is 29.8 Å². The second kappa shape index (κ2) is 8.27. The molecule has 0 fully saturated rings. The number of amides is 2. The molecule has 0 atom stereocenters. The Labute approximate surface area is 158 Å². The zero-order valence-electron chi connectivity index (χ0n) is 15.3. The highest BCUT2D eigenvalue weighted by Gasteiger charge is 2.12. The number of carbonyl (C=O) groups is 2. The van der Waals surface area contributed by atoms with Crippen molar-refractivity contribution in [3.8, 4) is 0 Å². The van der Waals surface area contributed by atoms with Crippen LogP contribution in [0.3, 0.4) is 0 Å². The van der Waals surface area contributed by atoms with Gasteiger partial charge in [0.1, 0.15) is 0 Å². The smallest absolute Gasteiger partial charge is 0.255 e. The maximum atomic E-state index is 12.6. The molecule has 27 heavy (non-hydrogen) atoms. The van der Waals surface area contributed by atoms with E-state index in [-0.39, 0.29) is 11.8 Å². The van der Waals surface area contributed by atoms with Crippen LogP contribution in [0.5, 0.6) is 0 Å². The molecule has 2 N–H and O–H groups in total. The molecule has 136 valence electrons. The van der Waals surface area contributed by atoms with Crippen molar-refractivity contribution in [2.24, 2.45) is 0 Å². The molecule has 3 rings (SSSR count). The molecule has 5 heteroatoms. The fourth-order valence-electron chi connectivity index (χ4n) is 2.73. The van der Waals surface area contributed by atoms with Gasteiger partial charge in [0, 0.05) is 23.0 Å². The van der Waals surface area contributed by atoms with Crippen LogP contribution in [-0.4, -0.2) is 16.8 Å². The standard InChI is InChI=1S/C22H21N3O2/c1-15-9-10-20(16(2)12-15)25-22(27)18-7-5-6-17(13-18)21(26)24-14-19-8-3-4-11-23-19/h3-13H,14H2,1-2H3,(H,24,26)(H,25,27). The largest absolute Gasteiger partial charge is 0.346 e. The van der Waals surface area contributed by atoms with E-state index in [4.69, 9.17) is 0 Å². The molecular weight excluding hydrogens is 338 g/mol. The number of nitrogens with zero attached hydrogens (tertiary/aromatic N) is 1. The van der Waals surface area contributed by atoms with Gasteiger partial charge in [0.15, 0.2) is 0 Å². The predicted octanol–water partition coefficient (Wildman–Crippen LogP) is 3.88. The first kappa shape index (κ1) is 18.3. The summed E-state index contributed by atoms with van der Waals surface area (Å²) in [7, 11) is 0. The molecule has 0 unspecified atom stereocenters. The van der Waals surface area contributed by atoms with E-state index in [9.17, 15) is 9.59 Å². The second-order valence-corrected chi connectivity index (χ2v) is 6.36. The first-order chi connectivity index (χ1) is 13.0. The molecule has 2 aromatic carbocycles. The van der Waals surface area contributed by atoms with Gasteiger partial charge in [0.2, 0.25) is 0 Å². The van der Waals surface area contributed by atoms with Crippen LogP contribution in [0.4, 0.5) is 5.69 Å². The fraction of sp³-hybridized carbons (Fsp3) is 0.136. The van der Waals surface area contributed by atoms with Gasteiger partial charge in [0.25, 0.3) is 11.8 Å². The van der Waals surface area contributed by atoms with Gasteiger partial charge in [0.05, 0.1) is 12.2 Å². The van der Waals surface area contributed by atoms with E-state index in [1.807, 2.05) is 50.2 Å². The number of pyridine rings is 1. The molecule has 1 aromatic heterocycles. The predicted molar refractivity (Wildman–Crippen MR) is 106 cm³/mol. The van der Waals surface area contributed by atoms with E-state index < -0.39 is 0 Å². The van der Waals surface area contributed by atoms with Crippen LogP contribution in [0, 0.1) is 13.8 Å². The summed E-state index contributed by atoms with van der Waals surface area (Å²) in [5, 5.41) is 5.71. The highest BCUT2D eigenvalue weighted by atomic mass is 16.2. The molecule has 0 aliphatic heterocycles. The van der Waals surface area contributed by atoms with Crippen LogP contribution in [0.15, 0.2) is 66.9 Å². The average Bonchev–Trinajstić information content (AvgIpc) is 2.69. The molecule has 0 bridgehead atoms. The van der Waals surface area contributed by atoms with E-state index in [2.05, 4.69) is 15.6 Å². The highest BCUT2D eigenvalue weighted by molar-refractivity contribution is 6.06. The van der Waals surface area contributed by atoms with E-state index in [0.717, 1.165) is 22.5 Å². The maximum Gasteiger partial charge on any atom is 0.255 e. The van der Waals surface area contributed by atoms with Gasteiger partial charge in [-0.3, -0.25) is 14.6 Å². The molecule has 0 aliphatic rings. The first-order valence-corrected chi connectivity index (χ1v) is 8.70. The summed E-state index contributed by atoms with van der Waals surface area (Å²) in [5.74, 6) is -0.497. The normalized spacial score (nSPS) is 10.3. The van der Waals surface area contributed by atoms with E-state index in [1.165, 1.54) is 0 Å². The molecule has 5 nitrogen and oxygen atoms in total. The molecule has 0 saturated carbocycles. The number of aromatic nitrogens is 1. The Morgan fingerprint density at radius 1 is 0.889 bits per heavy atom. The zero-order valence-corrected chi connectivity index (χ0v) is 15.3. The Hall–Kier alpha value is -3.47. The zero-order chi connectivity index (χ0) is 19.2. The van der Waals surface area contributed by atoms with Crippen molar-refractivity contribution < 1.29 is 9.59 Å². The van der Waals surface area contributed by atoms with Crippen molar-refractivity contribution in [3.63, 3.8) is 0 Å². The van der Waals surface area contributed by atoms with E-state index in [1.54, 1.807) is 30.5 Å². The van der Waals surface area contributed by atoms with E-state index >= 15 is 0 Å². The highest BCUT2D eigenvalue weighted by Crippen LogP contribution is 2.17. The minimum absolute atomic E-state index is 0.248. The van der Waals surface area contributed by atoms with Crippen LogP contribution >= 0.6 is 0 Å². The number of benzene rings is 2. The minimum Gasteiger partial charge on any atom is -0.346 e. The SMILES string of the molecule is Cc1ccc(NC(=O)c2cccc(C(=O)NCc3ccccn3)c2)c(C)c1. The van der Waals surface area contributed by atoms with Crippen molar-refractivity contribution >= 4 is 17.5 Å². The summed E-state index contributed by atoms with van der Waals surface area (Å²) in [6.45, 7) is 4.29. The Morgan fingerprint density at radius 2 is 1.67 bits per heavy atom. The van der Waals surface area contributed by atoms with Crippen molar-refractivity contribution in [1.82, 2.24) is 10.3 Å². The fourth-order valence-corrected chi connectivity index (χ4v) is 2.73. The van der Waals surface area contributed by atoms with Gasteiger partial charge in [-0.2, -0.15) is 0 Å². The van der Waals surface area contributed by atoms with Crippen LogP contribution < -0.4 is 10.6 Å². The lowest BCUT2D eigenvalue weighted by Gasteiger charge is -2.10. The monoisotopic (exact) mass is 359 g/mol. The van der Waals surface area contributed by atoms with Gasteiger partial charge in [-0.15, -0.1) is 0 Å². The van der Waals surface area contributed by atoms with Crippen LogP contribution in [0.25, 0.3) is 0 Å². The Morgan fingerprint density at radius 3 is 2.37 bits per heavy atom. The molecular formula is C22H21N3O2. The van der Waals surface area contributed by atoms with Gasteiger partial charge in [-0.25, -0.2) is 0 Å². The summed E-state index contributed by atoms with van der Waals surface area (Å²) in [6.07, 6.45) is 1.68. The lowest BCUT2D eigenvalue weighted by molar-refractivity contribution is 0.0950. The molecule has 3 aromatic rings. The Bertz CT molecular complexity index is 968. The number of rotatable bonds is 5. The van der Waals surface area contributed by atoms with Crippen LogP contribution in [-0.2, 0) is 6.54 Å². The topological polar surface area (TPSA) is 71.1 Å². The minimum atomic E-state index is -0.249. The summed E-state index contributed by atoms with van der Waals surface area (Å²) in [5.41, 5.74) is 4.52. The van der Waals surface area contributed by atoms with Gasteiger partial charge >= 0.3 is 0 Å². The van der Waals surface area contributed by atoms with E-state index in [0.29, 0.717) is 17.7 Å². The third-order valence-electron chi connectivity index (χ3n) is 4.17. The van der Waals surface area contributed by atoms with Crippen LogP contribution in [0.2, 0.25) is 0 Å². The molecule has 0 spiro atoms. The van der Waals surface area contributed by atoms with Crippen molar-refractivity contribution in [2.45, 2.75) is 20.4 Å². The number of hydrogen-bond donors (Lipinski definition) is 2. The van der Waals surface area contributed by atoms with Crippen molar-refractivity contribution in [2.75, 3.05) is 5.32 Å². The number of aryl methyl sites for hydroxylation is 2. The Kier molecular flexibility index (Phi) is 5.61. The second-order valence-electron chi connectivity index (χ2n) is 6.36. The van der Waals surface area contributed by atoms with Crippen molar-refractivity contribution in [3.05, 3.63) is 94.8 Å². The first-order valence-electron chi connectivity index (χ1n) is 8.70. The summed E-state index contributed by atoms with van der Waals surface area (Å²) in [4.78, 5) is 29.1. The molecule has 0 aliphatic carbocycles. The molecule has 0 radical (unpaired) electrons. The summed E-state index contributed by atoms with van der Waals surface area (Å²) >= 11 is 0. The van der Waals surface area contributed by atoms with Crippen molar-refractivity contribution in [1.29, 1.82) is 0 Å². The third kappa shape index (κ3) is 4.79. The quantitative estimate of drug-likeness (QED) is 0.726. The molecule has 1 heterocycles. The maximum absolute atomic E-state index is 12.6. The lowest BCUT2D eigenvalue weighted by atomic mass is 10.1. The number of hydrogen-bond acceptors (Lipinski definition) is 3. The number of nitrogens with one attached hydrogen (secondary N) is 2. The Balaban J connectivity index is 1.68. The number of anilines is 1. The summed E-state index contributed by atoms with van der Waals surface area (Å²) in [6, 6.07) is 18.0. The van der Waals surface area contributed by atoms with Gasteiger partial charge < -0.3 is 10.6 Å². The molecule has 2 amide bonds. The molecule has 0 saturated heterocycles. The third-order valence-corrected chi connectivity index (χ3v) is 4.17. The number of carbonyl (C=O) groups excluding carboxylic acids is 2. The van der Waals surface area contributed by atoms with Crippen LogP contribution in [0.1, 0.15) is 37.5 Å². The lowest BCUT2D eigenvalue weighted by Crippen LogP contribution is -2.23. The summed E-state index contributed by atoms with van der Waals surface area (Å²) < 4.78 is 0. The average molecular weight is 359 g/mol. The van der Waals surface area contributed by atoms with Gasteiger partial charge in [-0.05, 0) is 55.8 Å².